The summed E-state index contributed by atoms with van der Waals surface area (Å²) in [5.74, 6) is 1.67. The molecule has 0 N–H and O–H groups in total. The number of fused-ring (bicyclic) bond motifs is 3. The van der Waals surface area contributed by atoms with Crippen molar-refractivity contribution in [2.45, 2.75) is 6.54 Å². The molecule has 6 rings (SSSR count). The molecule has 0 amide bonds. The summed E-state index contributed by atoms with van der Waals surface area (Å²) in [6.45, 7) is 0.474. The molecule has 0 radical (unpaired) electrons. The topological polar surface area (TPSA) is 89.5 Å². The molecule has 0 atom stereocenters. The summed E-state index contributed by atoms with van der Waals surface area (Å²) in [5.41, 5.74) is 0.634. The Morgan fingerprint density at radius 3 is 2.62 bits per heavy atom. The fourth-order valence-electron chi connectivity index (χ4n) is 4.30. The Morgan fingerprint density at radius 2 is 1.74 bits per heavy atom. The second kappa shape index (κ2) is 7.51. The molecule has 0 saturated heterocycles. The van der Waals surface area contributed by atoms with Crippen molar-refractivity contribution in [3.05, 3.63) is 87.1 Å². The van der Waals surface area contributed by atoms with Crippen LogP contribution in [0.3, 0.4) is 0 Å². The minimum atomic E-state index is -0.457. The maximum Gasteiger partial charge on any atom is 0.332 e. The molecule has 34 heavy (non-hydrogen) atoms. The predicted molar refractivity (Wildman–Crippen MR) is 126 cm³/mol. The van der Waals surface area contributed by atoms with Crippen LogP contribution in [-0.2, 0) is 20.6 Å². The van der Waals surface area contributed by atoms with Gasteiger partial charge in [-0.2, -0.15) is 4.98 Å². The maximum atomic E-state index is 13.2. The van der Waals surface area contributed by atoms with Crippen LogP contribution >= 0.6 is 0 Å². The highest BCUT2D eigenvalue weighted by Gasteiger charge is 2.22. The van der Waals surface area contributed by atoms with Gasteiger partial charge < -0.3 is 14.2 Å². The van der Waals surface area contributed by atoms with Gasteiger partial charge in [0.05, 0.1) is 6.54 Å². The Morgan fingerprint density at radius 1 is 0.941 bits per heavy atom. The number of hydrogen-bond donors (Lipinski definition) is 0. The summed E-state index contributed by atoms with van der Waals surface area (Å²) >= 11 is 0. The number of aryl methyl sites for hydroxylation is 1. The maximum absolute atomic E-state index is 13.2. The van der Waals surface area contributed by atoms with Crippen molar-refractivity contribution in [2.75, 3.05) is 6.79 Å². The van der Waals surface area contributed by atoms with Gasteiger partial charge in [0.25, 0.3) is 5.56 Å². The van der Waals surface area contributed by atoms with Gasteiger partial charge in [-0.1, -0.05) is 42.5 Å². The Labute approximate surface area is 193 Å². The van der Waals surface area contributed by atoms with E-state index in [0.29, 0.717) is 23.8 Å². The highest BCUT2D eigenvalue weighted by atomic mass is 16.7. The smallest absolute Gasteiger partial charge is 0.332 e. The van der Waals surface area contributed by atoms with E-state index in [-0.39, 0.29) is 24.0 Å². The molecule has 9 nitrogen and oxygen atoms in total. The number of imidazole rings is 1. The van der Waals surface area contributed by atoms with E-state index in [1.807, 2.05) is 42.5 Å². The lowest BCUT2D eigenvalue weighted by Crippen LogP contribution is -2.37. The van der Waals surface area contributed by atoms with E-state index < -0.39 is 11.2 Å². The molecule has 1 aliphatic heterocycles. The van der Waals surface area contributed by atoms with Crippen molar-refractivity contribution in [1.82, 2.24) is 18.7 Å². The summed E-state index contributed by atoms with van der Waals surface area (Å²) in [7, 11) is 3.04. The third-order valence-corrected chi connectivity index (χ3v) is 6.07. The van der Waals surface area contributed by atoms with E-state index in [1.54, 1.807) is 29.8 Å². The minimum Gasteiger partial charge on any atom is -0.454 e. The Kier molecular flexibility index (Phi) is 4.44. The lowest BCUT2D eigenvalue weighted by Gasteiger charge is -2.12. The number of rotatable bonds is 4. The van der Waals surface area contributed by atoms with Crippen LogP contribution in [0, 0.1) is 0 Å². The molecule has 0 unspecified atom stereocenters. The lowest BCUT2D eigenvalue weighted by atomic mass is 10.0. The normalized spacial score (nSPS) is 12.5. The van der Waals surface area contributed by atoms with Crippen molar-refractivity contribution in [3.63, 3.8) is 0 Å². The Hall–Kier alpha value is -4.53. The van der Waals surface area contributed by atoms with Gasteiger partial charge in [0.2, 0.25) is 6.79 Å². The summed E-state index contributed by atoms with van der Waals surface area (Å²) in [4.78, 5) is 30.3. The monoisotopic (exact) mass is 456 g/mol. The molecule has 170 valence electrons. The summed E-state index contributed by atoms with van der Waals surface area (Å²) in [6, 6.07) is 19.5. The first-order valence-corrected chi connectivity index (χ1v) is 10.7. The van der Waals surface area contributed by atoms with Gasteiger partial charge >= 0.3 is 11.7 Å². The third kappa shape index (κ3) is 3.05. The van der Waals surface area contributed by atoms with Crippen molar-refractivity contribution < 1.29 is 14.2 Å². The molecule has 0 spiro atoms. The highest BCUT2D eigenvalue weighted by Crippen LogP contribution is 2.37. The molecule has 5 aromatic rings. The van der Waals surface area contributed by atoms with Crippen LogP contribution in [0.2, 0.25) is 0 Å². The molecule has 1 aliphatic rings. The van der Waals surface area contributed by atoms with E-state index >= 15 is 0 Å². The molecule has 0 bridgehead atoms. The quantitative estimate of drug-likeness (QED) is 0.413. The first-order chi connectivity index (χ1) is 16.5. The summed E-state index contributed by atoms with van der Waals surface area (Å²) in [6.07, 6.45) is 0. The van der Waals surface area contributed by atoms with Gasteiger partial charge in [-0.15, -0.1) is 0 Å². The van der Waals surface area contributed by atoms with Gasteiger partial charge in [-0.05, 0) is 28.5 Å². The molecule has 0 aliphatic carbocycles. The van der Waals surface area contributed by atoms with Gasteiger partial charge in [0.15, 0.2) is 22.7 Å². The van der Waals surface area contributed by atoms with Crippen LogP contribution in [0.25, 0.3) is 21.9 Å². The van der Waals surface area contributed by atoms with Crippen molar-refractivity contribution in [1.29, 1.82) is 0 Å². The minimum absolute atomic E-state index is 0.149. The zero-order valence-corrected chi connectivity index (χ0v) is 18.5. The van der Waals surface area contributed by atoms with Crippen molar-refractivity contribution in [2.24, 2.45) is 14.1 Å². The molecule has 3 aromatic carbocycles. The van der Waals surface area contributed by atoms with E-state index in [9.17, 15) is 9.59 Å². The van der Waals surface area contributed by atoms with Crippen LogP contribution < -0.4 is 25.5 Å². The van der Waals surface area contributed by atoms with Crippen LogP contribution in [0.15, 0.2) is 70.3 Å². The van der Waals surface area contributed by atoms with Crippen LogP contribution in [-0.4, -0.2) is 25.5 Å². The van der Waals surface area contributed by atoms with Crippen LogP contribution in [0.1, 0.15) is 5.56 Å². The first-order valence-electron chi connectivity index (χ1n) is 10.7. The standard InChI is InChI=1S/C25H20N4O5/c1-27-22-21(23(30)28(2)25(27)31)29(13-16-8-5-7-15-6-3-4-9-18(15)16)24(26-22)34-17-10-11-19-20(12-17)33-14-32-19/h3-12H,13-14H2,1-2H3. The highest BCUT2D eigenvalue weighted by molar-refractivity contribution is 5.86. The van der Waals surface area contributed by atoms with Gasteiger partial charge in [-0.3, -0.25) is 18.5 Å². The number of benzene rings is 3. The average molecular weight is 456 g/mol. The molecular weight excluding hydrogens is 436 g/mol. The molecule has 9 heteroatoms. The zero-order chi connectivity index (χ0) is 23.4. The third-order valence-electron chi connectivity index (χ3n) is 6.07. The van der Waals surface area contributed by atoms with E-state index in [1.165, 1.54) is 11.6 Å². The van der Waals surface area contributed by atoms with Crippen molar-refractivity contribution >= 4 is 21.9 Å². The predicted octanol–water partition coefficient (Wildman–Crippen LogP) is 3.16. The van der Waals surface area contributed by atoms with Crippen LogP contribution in [0.4, 0.5) is 0 Å². The van der Waals surface area contributed by atoms with E-state index in [0.717, 1.165) is 20.9 Å². The second-order valence-corrected chi connectivity index (χ2v) is 8.11. The average Bonchev–Trinajstić information content (AvgIpc) is 3.46. The molecule has 0 saturated carbocycles. The lowest BCUT2D eigenvalue weighted by molar-refractivity contribution is 0.174. The van der Waals surface area contributed by atoms with Gasteiger partial charge in [0.1, 0.15) is 5.75 Å². The fraction of sp³-hybridized carbons (Fsp3) is 0.160. The SMILES string of the molecule is Cn1c(=O)c2c(nc(Oc3ccc4c(c3)OCO4)n2Cc2cccc3ccccc23)n(C)c1=O. The first kappa shape index (κ1) is 20.1. The number of aromatic nitrogens is 4. The Bertz CT molecular complexity index is 1710. The second-order valence-electron chi connectivity index (χ2n) is 8.11. The molecule has 2 aromatic heterocycles. The van der Waals surface area contributed by atoms with Gasteiger partial charge in [0, 0.05) is 20.2 Å². The summed E-state index contributed by atoms with van der Waals surface area (Å²) < 4.78 is 21.1. The number of ether oxygens (including phenoxy) is 3. The Balaban J connectivity index is 1.56. The molecule has 3 heterocycles. The fourth-order valence-corrected chi connectivity index (χ4v) is 4.30. The summed E-state index contributed by atoms with van der Waals surface area (Å²) in [5, 5.41) is 2.14. The molecule has 0 fully saturated rings. The van der Waals surface area contributed by atoms with Crippen molar-refractivity contribution in [3.8, 4) is 23.3 Å². The zero-order valence-electron chi connectivity index (χ0n) is 18.5. The van der Waals surface area contributed by atoms with E-state index in [2.05, 4.69) is 4.98 Å². The van der Waals surface area contributed by atoms with E-state index in [4.69, 9.17) is 14.2 Å². The number of hydrogen-bond acceptors (Lipinski definition) is 6. The largest absolute Gasteiger partial charge is 0.454 e. The number of nitrogens with zero attached hydrogens (tertiary/aromatic N) is 4. The van der Waals surface area contributed by atoms with Crippen LogP contribution in [0.5, 0.6) is 23.3 Å². The molecular formula is C25H20N4O5. The van der Waals surface area contributed by atoms with Gasteiger partial charge in [-0.25, -0.2) is 4.79 Å².